The van der Waals surface area contributed by atoms with Crippen LogP contribution < -0.4 is 5.73 Å². The molecule has 0 aromatic carbocycles. The quantitative estimate of drug-likeness (QED) is 0.862. The molecule has 2 aromatic heterocycles. The van der Waals surface area contributed by atoms with Gasteiger partial charge in [0.25, 0.3) is 0 Å². The van der Waals surface area contributed by atoms with E-state index in [4.69, 9.17) is 5.73 Å². The van der Waals surface area contributed by atoms with Gasteiger partial charge in [0.1, 0.15) is 5.82 Å². The van der Waals surface area contributed by atoms with Crippen molar-refractivity contribution in [1.29, 1.82) is 0 Å². The molecule has 24 heavy (non-hydrogen) atoms. The van der Waals surface area contributed by atoms with E-state index in [9.17, 15) is 4.79 Å². The third-order valence-electron chi connectivity index (χ3n) is 4.32. The Morgan fingerprint density at radius 1 is 1.33 bits per heavy atom. The van der Waals surface area contributed by atoms with Gasteiger partial charge >= 0.3 is 0 Å². The van der Waals surface area contributed by atoms with Crippen molar-refractivity contribution in [2.75, 3.05) is 19.6 Å². The highest BCUT2D eigenvalue weighted by Crippen LogP contribution is 2.20. The Morgan fingerprint density at radius 3 is 2.79 bits per heavy atom. The maximum atomic E-state index is 11.2. The molecule has 1 saturated heterocycles. The second kappa shape index (κ2) is 7.53. The Morgan fingerprint density at radius 2 is 2.12 bits per heavy atom. The molecule has 7 nitrogen and oxygen atoms in total. The standard InChI is InChI=1S/C17H24N6O/c1-13(12-22-8-3-2-4-9-22)17-20-16(10-15(18)24)21-23(17)14-6-5-7-19-11-14/h5-7,11,13H,2-4,8-10,12H2,1H3,(H2,18,24). The largest absolute Gasteiger partial charge is 0.369 e. The second-order valence-electron chi connectivity index (χ2n) is 6.41. The van der Waals surface area contributed by atoms with Crippen LogP contribution >= 0.6 is 0 Å². The van der Waals surface area contributed by atoms with E-state index >= 15 is 0 Å². The molecule has 3 rings (SSSR count). The van der Waals surface area contributed by atoms with E-state index in [-0.39, 0.29) is 12.3 Å². The minimum Gasteiger partial charge on any atom is -0.369 e. The lowest BCUT2D eigenvalue weighted by Gasteiger charge is -2.28. The number of nitrogens with zero attached hydrogens (tertiary/aromatic N) is 5. The molecule has 3 heterocycles. The minimum atomic E-state index is -0.423. The fraction of sp³-hybridized carbons (Fsp3) is 0.529. The number of aromatic nitrogens is 4. The van der Waals surface area contributed by atoms with Gasteiger partial charge in [-0.2, -0.15) is 5.10 Å². The third-order valence-corrected chi connectivity index (χ3v) is 4.32. The highest BCUT2D eigenvalue weighted by Gasteiger charge is 2.21. The monoisotopic (exact) mass is 328 g/mol. The van der Waals surface area contributed by atoms with Crippen molar-refractivity contribution >= 4 is 5.91 Å². The number of pyridine rings is 1. The number of carbonyl (C=O) groups is 1. The molecule has 0 bridgehead atoms. The first-order valence-electron chi connectivity index (χ1n) is 8.50. The van der Waals surface area contributed by atoms with Gasteiger partial charge in [0.2, 0.25) is 5.91 Å². The highest BCUT2D eigenvalue weighted by molar-refractivity contribution is 5.75. The summed E-state index contributed by atoms with van der Waals surface area (Å²) in [6.45, 7) is 5.37. The molecule has 1 fully saturated rings. The zero-order valence-electron chi connectivity index (χ0n) is 14.1. The van der Waals surface area contributed by atoms with Crippen molar-refractivity contribution < 1.29 is 4.79 Å². The van der Waals surface area contributed by atoms with Gasteiger partial charge in [-0.25, -0.2) is 9.67 Å². The Hall–Kier alpha value is -2.28. The minimum absolute atomic E-state index is 0.0523. The molecule has 2 aromatic rings. The predicted octanol–water partition coefficient (Wildman–Crippen LogP) is 1.28. The van der Waals surface area contributed by atoms with E-state index < -0.39 is 5.91 Å². The van der Waals surface area contributed by atoms with Gasteiger partial charge in [0.05, 0.1) is 18.3 Å². The summed E-state index contributed by atoms with van der Waals surface area (Å²) in [6.07, 6.45) is 7.36. The summed E-state index contributed by atoms with van der Waals surface area (Å²) in [5.41, 5.74) is 6.15. The zero-order chi connectivity index (χ0) is 16.9. The van der Waals surface area contributed by atoms with Crippen LogP contribution in [0.1, 0.15) is 43.8 Å². The molecule has 1 unspecified atom stereocenters. The summed E-state index contributed by atoms with van der Waals surface area (Å²) in [6, 6.07) is 3.80. The first kappa shape index (κ1) is 16.6. The fourth-order valence-corrected chi connectivity index (χ4v) is 3.20. The van der Waals surface area contributed by atoms with Crippen molar-refractivity contribution in [3.8, 4) is 5.69 Å². The first-order valence-corrected chi connectivity index (χ1v) is 8.50. The van der Waals surface area contributed by atoms with Crippen LogP contribution in [0.2, 0.25) is 0 Å². The van der Waals surface area contributed by atoms with Crippen molar-refractivity contribution in [2.24, 2.45) is 5.73 Å². The fourth-order valence-electron chi connectivity index (χ4n) is 3.20. The summed E-state index contributed by atoms with van der Waals surface area (Å²) < 4.78 is 1.79. The summed E-state index contributed by atoms with van der Waals surface area (Å²) in [4.78, 5) is 22.4. The summed E-state index contributed by atoms with van der Waals surface area (Å²) in [7, 11) is 0. The van der Waals surface area contributed by atoms with Crippen LogP contribution in [-0.2, 0) is 11.2 Å². The van der Waals surface area contributed by atoms with Crippen LogP contribution in [0.5, 0.6) is 0 Å². The van der Waals surface area contributed by atoms with E-state index in [1.165, 1.54) is 19.3 Å². The Balaban J connectivity index is 1.86. The number of hydrogen-bond acceptors (Lipinski definition) is 5. The number of piperidine rings is 1. The van der Waals surface area contributed by atoms with Gasteiger partial charge < -0.3 is 10.6 Å². The number of hydrogen-bond donors (Lipinski definition) is 1. The molecule has 0 saturated carbocycles. The van der Waals surface area contributed by atoms with Crippen molar-refractivity contribution in [1.82, 2.24) is 24.6 Å². The Kier molecular flexibility index (Phi) is 5.20. The van der Waals surface area contributed by atoms with E-state index in [0.717, 1.165) is 31.1 Å². The summed E-state index contributed by atoms with van der Waals surface area (Å²) in [5, 5.41) is 4.48. The molecule has 2 N–H and O–H groups in total. The number of amides is 1. The average Bonchev–Trinajstić information content (AvgIpc) is 3.00. The number of nitrogens with two attached hydrogens (primary N) is 1. The molecule has 1 amide bonds. The maximum absolute atomic E-state index is 11.2. The van der Waals surface area contributed by atoms with Crippen LogP contribution in [-0.4, -0.2) is 50.2 Å². The van der Waals surface area contributed by atoms with Crippen LogP contribution in [0.15, 0.2) is 24.5 Å². The van der Waals surface area contributed by atoms with Crippen molar-refractivity contribution in [3.63, 3.8) is 0 Å². The van der Waals surface area contributed by atoms with Crippen LogP contribution in [0.3, 0.4) is 0 Å². The summed E-state index contributed by atoms with van der Waals surface area (Å²) >= 11 is 0. The molecule has 7 heteroatoms. The molecule has 0 spiro atoms. The van der Waals surface area contributed by atoms with Crippen LogP contribution in [0.25, 0.3) is 5.69 Å². The lowest BCUT2D eigenvalue weighted by molar-refractivity contribution is -0.117. The third kappa shape index (κ3) is 3.97. The van der Waals surface area contributed by atoms with Gasteiger partial charge in [-0.15, -0.1) is 0 Å². The van der Waals surface area contributed by atoms with Crippen LogP contribution in [0.4, 0.5) is 0 Å². The highest BCUT2D eigenvalue weighted by atomic mass is 16.1. The van der Waals surface area contributed by atoms with E-state index in [1.54, 1.807) is 17.1 Å². The average molecular weight is 328 g/mol. The van der Waals surface area contributed by atoms with Gasteiger partial charge in [0.15, 0.2) is 5.82 Å². The van der Waals surface area contributed by atoms with Crippen molar-refractivity contribution in [3.05, 3.63) is 36.2 Å². The van der Waals surface area contributed by atoms with Gasteiger partial charge in [-0.3, -0.25) is 9.78 Å². The Labute approximate surface area is 141 Å². The number of rotatable bonds is 6. The normalized spacial score (nSPS) is 16.9. The lowest BCUT2D eigenvalue weighted by Crippen LogP contribution is -2.33. The van der Waals surface area contributed by atoms with Crippen LogP contribution in [0, 0.1) is 0 Å². The molecule has 0 radical (unpaired) electrons. The lowest BCUT2D eigenvalue weighted by atomic mass is 10.1. The SMILES string of the molecule is CC(CN1CCCCC1)c1nc(CC(N)=O)nn1-c1cccnc1. The van der Waals surface area contributed by atoms with E-state index in [1.807, 2.05) is 12.1 Å². The van der Waals surface area contributed by atoms with Gasteiger partial charge in [-0.05, 0) is 38.1 Å². The molecule has 1 aliphatic rings. The van der Waals surface area contributed by atoms with Gasteiger partial charge in [0, 0.05) is 18.7 Å². The maximum Gasteiger partial charge on any atom is 0.225 e. The Bertz CT molecular complexity index is 678. The molecule has 128 valence electrons. The smallest absolute Gasteiger partial charge is 0.225 e. The second-order valence-corrected chi connectivity index (χ2v) is 6.41. The first-order chi connectivity index (χ1) is 11.6. The van der Waals surface area contributed by atoms with E-state index in [0.29, 0.717) is 5.82 Å². The summed E-state index contributed by atoms with van der Waals surface area (Å²) in [5.74, 6) is 1.10. The van der Waals surface area contributed by atoms with E-state index in [2.05, 4.69) is 26.9 Å². The number of primary amides is 1. The van der Waals surface area contributed by atoms with Crippen molar-refractivity contribution in [2.45, 2.75) is 38.5 Å². The molecular formula is C17H24N6O. The molecule has 1 aliphatic heterocycles. The topological polar surface area (TPSA) is 89.9 Å². The van der Waals surface area contributed by atoms with Gasteiger partial charge in [-0.1, -0.05) is 13.3 Å². The molecule has 0 aliphatic carbocycles. The zero-order valence-corrected chi connectivity index (χ0v) is 14.1. The molecule has 1 atom stereocenters. The predicted molar refractivity (Wildman–Crippen MR) is 90.8 cm³/mol. The number of carbonyl (C=O) groups excluding carboxylic acids is 1. The molecular weight excluding hydrogens is 304 g/mol. The number of likely N-dealkylation sites (tertiary alicyclic amines) is 1.